The molecule has 1 aromatic carbocycles. The van der Waals surface area contributed by atoms with E-state index in [1.807, 2.05) is 29.2 Å². The molecule has 1 heterocycles. The van der Waals surface area contributed by atoms with Crippen LogP contribution >= 0.6 is 0 Å². The second kappa shape index (κ2) is 5.58. The second-order valence-corrected chi connectivity index (χ2v) is 8.85. The lowest BCUT2D eigenvalue weighted by Gasteiger charge is -2.56. The van der Waals surface area contributed by atoms with Gasteiger partial charge in [-0.1, -0.05) is 0 Å². The SMILES string of the molecule is O=C(NC12CC3CC(CC(C3)C1)C2)c1ccc(N2CCCC2=O)cc1. The maximum atomic E-state index is 12.8. The van der Waals surface area contributed by atoms with Crippen LogP contribution < -0.4 is 10.2 Å². The van der Waals surface area contributed by atoms with Crippen molar-refractivity contribution in [2.24, 2.45) is 17.8 Å². The van der Waals surface area contributed by atoms with Gasteiger partial charge >= 0.3 is 0 Å². The number of nitrogens with zero attached hydrogens (tertiary/aromatic N) is 1. The number of anilines is 1. The van der Waals surface area contributed by atoms with Crippen molar-refractivity contribution in [3.63, 3.8) is 0 Å². The molecule has 132 valence electrons. The van der Waals surface area contributed by atoms with Crippen molar-refractivity contribution in [2.75, 3.05) is 11.4 Å². The van der Waals surface area contributed by atoms with Gasteiger partial charge in [-0.15, -0.1) is 0 Å². The average Bonchev–Trinajstić information content (AvgIpc) is 2.99. The van der Waals surface area contributed by atoms with Gasteiger partial charge in [0.15, 0.2) is 0 Å². The van der Waals surface area contributed by atoms with E-state index in [1.165, 1.54) is 38.5 Å². The number of nitrogens with one attached hydrogen (secondary N) is 1. The Labute approximate surface area is 149 Å². The van der Waals surface area contributed by atoms with Crippen LogP contribution in [-0.2, 0) is 4.79 Å². The summed E-state index contributed by atoms with van der Waals surface area (Å²) in [5.74, 6) is 2.73. The van der Waals surface area contributed by atoms with E-state index in [-0.39, 0.29) is 17.4 Å². The lowest BCUT2D eigenvalue weighted by Crippen LogP contribution is -2.59. The molecule has 1 aliphatic heterocycles. The molecular formula is C21H26N2O2. The normalized spacial score (nSPS) is 36.1. The van der Waals surface area contributed by atoms with Gasteiger partial charge < -0.3 is 10.2 Å². The molecule has 1 aromatic rings. The number of amides is 2. The molecule has 0 atom stereocenters. The van der Waals surface area contributed by atoms with Crippen molar-refractivity contribution in [1.29, 1.82) is 0 Å². The van der Waals surface area contributed by atoms with Crippen LogP contribution in [0.2, 0.25) is 0 Å². The number of hydrogen-bond donors (Lipinski definition) is 1. The Morgan fingerprint density at radius 2 is 1.60 bits per heavy atom. The Kier molecular flexibility index (Phi) is 3.44. The molecule has 25 heavy (non-hydrogen) atoms. The highest BCUT2D eigenvalue weighted by Crippen LogP contribution is 2.55. The fourth-order valence-electron chi connectivity index (χ4n) is 6.29. The minimum absolute atomic E-state index is 0.0510. The highest BCUT2D eigenvalue weighted by Gasteiger charge is 2.51. The summed E-state index contributed by atoms with van der Waals surface area (Å²) in [6.45, 7) is 0.789. The third-order valence-corrected chi connectivity index (χ3v) is 6.93. The van der Waals surface area contributed by atoms with Gasteiger partial charge in [-0.3, -0.25) is 9.59 Å². The van der Waals surface area contributed by atoms with Gasteiger partial charge in [0, 0.05) is 29.8 Å². The van der Waals surface area contributed by atoms with Crippen molar-refractivity contribution < 1.29 is 9.59 Å². The van der Waals surface area contributed by atoms with Gasteiger partial charge in [-0.2, -0.15) is 0 Å². The molecule has 0 radical (unpaired) electrons. The minimum atomic E-state index is 0.0510. The molecule has 0 unspecified atom stereocenters. The van der Waals surface area contributed by atoms with Crippen molar-refractivity contribution in [2.45, 2.75) is 56.9 Å². The molecule has 1 saturated heterocycles. The number of hydrogen-bond acceptors (Lipinski definition) is 2. The quantitative estimate of drug-likeness (QED) is 0.917. The largest absolute Gasteiger partial charge is 0.347 e. The van der Waals surface area contributed by atoms with Gasteiger partial charge in [-0.25, -0.2) is 0 Å². The summed E-state index contributed by atoms with van der Waals surface area (Å²) < 4.78 is 0. The molecule has 0 spiro atoms. The van der Waals surface area contributed by atoms with Crippen molar-refractivity contribution in [1.82, 2.24) is 5.32 Å². The molecule has 5 aliphatic rings. The zero-order valence-corrected chi connectivity index (χ0v) is 14.7. The minimum Gasteiger partial charge on any atom is -0.347 e. The summed E-state index contributed by atoms with van der Waals surface area (Å²) in [7, 11) is 0. The first-order valence-electron chi connectivity index (χ1n) is 9.83. The van der Waals surface area contributed by atoms with E-state index in [0.29, 0.717) is 12.0 Å². The smallest absolute Gasteiger partial charge is 0.251 e. The molecule has 2 amide bonds. The molecule has 4 bridgehead atoms. The second-order valence-electron chi connectivity index (χ2n) is 8.85. The highest BCUT2D eigenvalue weighted by molar-refractivity contribution is 5.97. The number of carbonyl (C=O) groups excluding carboxylic acids is 2. The summed E-state index contributed by atoms with van der Waals surface area (Å²) in [6, 6.07) is 7.57. The van der Waals surface area contributed by atoms with E-state index >= 15 is 0 Å². The van der Waals surface area contributed by atoms with Crippen molar-refractivity contribution >= 4 is 17.5 Å². The Bertz CT molecular complexity index is 674. The average molecular weight is 338 g/mol. The molecule has 4 nitrogen and oxygen atoms in total. The predicted molar refractivity (Wildman–Crippen MR) is 96.4 cm³/mol. The molecule has 4 aliphatic carbocycles. The van der Waals surface area contributed by atoms with E-state index in [0.717, 1.165) is 36.4 Å². The van der Waals surface area contributed by atoms with Gasteiger partial charge in [0.05, 0.1) is 0 Å². The predicted octanol–water partition coefficient (Wildman–Crippen LogP) is 3.51. The molecule has 4 saturated carbocycles. The Balaban J connectivity index is 1.31. The maximum Gasteiger partial charge on any atom is 0.251 e. The van der Waals surface area contributed by atoms with Gasteiger partial charge in [0.2, 0.25) is 5.91 Å². The monoisotopic (exact) mass is 338 g/mol. The van der Waals surface area contributed by atoms with Crippen LogP contribution in [0.25, 0.3) is 0 Å². The summed E-state index contributed by atoms with van der Waals surface area (Å²) >= 11 is 0. The standard InChI is InChI=1S/C21H26N2O2/c24-19-2-1-7-23(19)18-5-3-17(4-6-18)20(25)22-21-11-14-8-15(12-21)10-16(9-14)13-21/h3-6,14-16H,1-2,7-13H2,(H,22,25). The Morgan fingerprint density at radius 3 is 2.12 bits per heavy atom. The lowest BCUT2D eigenvalue weighted by molar-refractivity contribution is -0.117. The summed E-state index contributed by atoms with van der Waals surface area (Å²) in [4.78, 5) is 26.5. The van der Waals surface area contributed by atoms with Crippen molar-refractivity contribution in [3.8, 4) is 0 Å². The van der Waals surface area contributed by atoms with Gasteiger partial charge in [0.1, 0.15) is 0 Å². The van der Waals surface area contributed by atoms with E-state index in [9.17, 15) is 9.59 Å². The Morgan fingerprint density at radius 1 is 1.00 bits per heavy atom. The molecule has 4 heteroatoms. The third-order valence-electron chi connectivity index (χ3n) is 6.93. The van der Waals surface area contributed by atoms with Gasteiger partial charge in [0.25, 0.3) is 5.91 Å². The molecular weight excluding hydrogens is 312 g/mol. The van der Waals surface area contributed by atoms with E-state index in [4.69, 9.17) is 0 Å². The number of rotatable bonds is 3. The van der Waals surface area contributed by atoms with Crippen LogP contribution in [-0.4, -0.2) is 23.9 Å². The molecule has 5 fully saturated rings. The first kappa shape index (κ1) is 15.4. The van der Waals surface area contributed by atoms with Crippen LogP contribution in [0.5, 0.6) is 0 Å². The first-order valence-corrected chi connectivity index (χ1v) is 9.83. The maximum absolute atomic E-state index is 12.8. The van der Waals surface area contributed by atoms with E-state index in [2.05, 4.69) is 5.32 Å². The zero-order chi connectivity index (χ0) is 17.0. The van der Waals surface area contributed by atoms with Crippen LogP contribution in [0, 0.1) is 17.8 Å². The summed E-state index contributed by atoms with van der Waals surface area (Å²) in [5, 5.41) is 3.42. The molecule has 1 N–H and O–H groups in total. The number of carbonyl (C=O) groups is 2. The lowest BCUT2D eigenvalue weighted by atomic mass is 9.53. The fourth-order valence-corrected chi connectivity index (χ4v) is 6.29. The van der Waals surface area contributed by atoms with Crippen LogP contribution in [0.1, 0.15) is 61.7 Å². The Hall–Kier alpha value is -1.84. The van der Waals surface area contributed by atoms with Crippen LogP contribution in [0.4, 0.5) is 5.69 Å². The van der Waals surface area contributed by atoms with Crippen LogP contribution in [0.3, 0.4) is 0 Å². The van der Waals surface area contributed by atoms with E-state index in [1.54, 1.807) is 0 Å². The van der Waals surface area contributed by atoms with Gasteiger partial charge in [-0.05, 0) is 87.0 Å². The highest BCUT2D eigenvalue weighted by atomic mass is 16.2. The zero-order valence-electron chi connectivity index (χ0n) is 14.7. The van der Waals surface area contributed by atoms with Crippen LogP contribution in [0.15, 0.2) is 24.3 Å². The third kappa shape index (κ3) is 2.66. The first-order chi connectivity index (χ1) is 12.1. The summed E-state index contributed by atoms with van der Waals surface area (Å²) in [5.41, 5.74) is 1.68. The summed E-state index contributed by atoms with van der Waals surface area (Å²) in [6.07, 6.45) is 9.22. The molecule has 0 aromatic heterocycles. The molecule has 6 rings (SSSR count). The topological polar surface area (TPSA) is 49.4 Å². The number of benzene rings is 1. The fraction of sp³-hybridized carbons (Fsp3) is 0.619. The van der Waals surface area contributed by atoms with Crippen molar-refractivity contribution in [3.05, 3.63) is 29.8 Å². The van der Waals surface area contributed by atoms with E-state index < -0.39 is 0 Å².